The number of anilines is 2. The topological polar surface area (TPSA) is 125 Å². The van der Waals surface area contributed by atoms with Crippen molar-refractivity contribution in [3.8, 4) is 0 Å². The average Bonchev–Trinajstić information content (AvgIpc) is 3.43. The normalized spacial score (nSPS) is 20.2. The number of nitrogens with zero attached hydrogens (tertiary/aromatic N) is 6. The van der Waals surface area contributed by atoms with Crippen LogP contribution in [0.1, 0.15) is 67.2 Å². The van der Waals surface area contributed by atoms with E-state index in [1.807, 2.05) is 0 Å². The van der Waals surface area contributed by atoms with Crippen molar-refractivity contribution < 1.29 is 28.7 Å². The summed E-state index contributed by atoms with van der Waals surface area (Å²) >= 11 is 0. The molecule has 0 bridgehead atoms. The van der Waals surface area contributed by atoms with E-state index in [2.05, 4.69) is 9.97 Å². The molecule has 4 amide bonds. The Morgan fingerprint density at radius 2 is 1.36 bits per heavy atom. The van der Waals surface area contributed by atoms with Gasteiger partial charge in [0, 0.05) is 19.3 Å². The third-order valence-electron chi connectivity index (χ3n) is 5.69. The van der Waals surface area contributed by atoms with Crippen LogP contribution >= 0.6 is 0 Å². The predicted molar refractivity (Wildman–Crippen MR) is 131 cm³/mol. The lowest BCUT2D eigenvalue weighted by atomic mass is 10.2. The monoisotopic (exact) mass is 504 g/mol. The molecule has 36 heavy (non-hydrogen) atoms. The summed E-state index contributed by atoms with van der Waals surface area (Å²) in [5.74, 6) is 0.265. The zero-order chi connectivity index (χ0) is 26.7. The number of ether oxygens (including phenoxy) is 2. The van der Waals surface area contributed by atoms with Gasteiger partial charge in [0.15, 0.2) is 0 Å². The molecule has 2 saturated heterocycles. The first kappa shape index (κ1) is 27.2. The number of hydrogen-bond donors (Lipinski definition) is 0. The van der Waals surface area contributed by atoms with E-state index in [0.29, 0.717) is 51.6 Å². The van der Waals surface area contributed by atoms with Crippen LogP contribution in [0.5, 0.6) is 0 Å². The highest BCUT2D eigenvalue weighted by Gasteiger charge is 2.39. The van der Waals surface area contributed by atoms with Crippen LogP contribution in [0.3, 0.4) is 0 Å². The van der Waals surface area contributed by atoms with Crippen LogP contribution in [0.2, 0.25) is 0 Å². The quantitative estimate of drug-likeness (QED) is 0.541. The summed E-state index contributed by atoms with van der Waals surface area (Å²) in [6, 6.07) is 1.53. The van der Waals surface area contributed by atoms with Crippen LogP contribution in [-0.2, 0) is 19.1 Å². The second kappa shape index (κ2) is 10.7. The lowest BCUT2D eigenvalue weighted by Gasteiger charge is -2.34. The maximum Gasteiger partial charge on any atom is 0.411 e. The van der Waals surface area contributed by atoms with Crippen molar-refractivity contribution in [2.24, 2.45) is 0 Å². The molecule has 2 atom stereocenters. The van der Waals surface area contributed by atoms with E-state index in [4.69, 9.17) is 9.47 Å². The predicted octanol–water partition coefficient (Wildman–Crippen LogP) is 3.12. The minimum absolute atomic E-state index is 0.0385. The highest BCUT2D eigenvalue weighted by Crippen LogP contribution is 2.29. The number of likely N-dealkylation sites (tertiary alicyclic amines) is 2. The third kappa shape index (κ3) is 6.41. The van der Waals surface area contributed by atoms with Gasteiger partial charge in [0.1, 0.15) is 29.4 Å². The van der Waals surface area contributed by atoms with Crippen LogP contribution in [0.4, 0.5) is 21.4 Å². The molecule has 2 fully saturated rings. The van der Waals surface area contributed by atoms with Gasteiger partial charge in [0.2, 0.25) is 18.8 Å². The molecule has 0 radical (unpaired) electrons. The summed E-state index contributed by atoms with van der Waals surface area (Å²) in [7, 11) is 0. The third-order valence-corrected chi connectivity index (χ3v) is 5.69. The lowest BCUT2D eigenvalue weighted by molar-refractivity contribution is -0.109. The Bertz CT molecular complexity index is 901. The molecule has 2 aliphatic heterocycles. The van der Waals surface area contributed by atoms with E-state index in [0.717, 1.165) is 0 Å². The molecule has 0 aromatic carbocycles. The number of carbonyl (C=O) groups excluding carboxylic acids is 4. The second-order valence-corrected chi connectivity index (χ2v) is 10.8. The molecule has 1 aromatic heterocycles. The summed E-state index contributed by atoms with van der Waals surface area (Å²) < 4.78 is 11.0. The summed E-state index contributed by atoms with van der Waals surface area (Å²) in [5, 5.41) is 0. The Kier molecular flexibility index (Phi) is 8.05. The highest BCUT2D eigenvalue weighted by atomic mass is 16.6. The van der Waals surface area contributed by atoms with Crippen molar-refractivity contribution in [1.29, 1.82) is 0 Å². The molecule has 198 valence electrons. The molecule has 0 saturated carbocycles. The molecule has 2 aliphatic rings. The standard InChI is InChI=1S/C24H36N6O6/c1-23(2,3)35-21(33)27-13-7-9-18(27)29(15-31)17-11-12-25-20(26-17)30(16-32)19-10-8-14-28(19)22(34)36-24(4,5)6/h11-12,15-16,18-19H,7-10,13-14H2,1-6H3. The smallest absolute Gasteiger partial charge is 0.411 e. The van der Waals surface area contributed by atoms with Crippen molar-refractivity contribution in [3.63, 3.8) is 0 Å². The fourth-order valence-corrected chi connectivity index (χ4v) is 4.28. The summed E-state index contributed by atoms with van der Waals surface area (Å²) in [6.07, 6.45) is 2.80. The van der Waals surface area contributed by atoms with Crippen LogP contribution in [0.15, 0.2) is 12.3 Å². The fraction of sp³-hybridized carbons (Fsp3) is 0.667. The summed E-state index contributed by atoms with van der Waals surface area (Å²) in [5.41, 5.74) is -1.36. The van der Waals surface area contributed by atoms with Crippen LogP contribution < -0.4 is 9.80 Å². The Hall–Kier alpha value is -3.44. The second-order valence-electron chi connectivity index (χ2n) is 10.8. The van der Waals surface area contributed by atoms with Crippen molar-refractivity contribution in [1.82, 2.24) is 19.8 Å². The molecule has 0 N–H and O–H groups in total. The molecule has 1 aromatic rings. The number of amides is 4. The van der Waals surface area contributed by atoms with Gasteiger partial charge in [-0.3, -0.25) is 29.2 Å². The first-order chi connectivity index (χ1) is 16.8. The molecular formula is C24H36N6O6. The molecule has 2 unspecified atom stereocenters. The molecule has 0 aliphatic carbocycles. The van der Waals surface area contributed by atoms with Crippen LogP contribution in [0, 0.1) is 0 Å². The van der Waals surface area contributed by atoms with Crippen LogP contribution in [-0.4, -0.2) is 81.4 Å². The molecule has 3 rings (SSSR count). The Morgan fingerprint density at radius 3 is 1.81 bits per heavy atom. The van der Waals surface area contributed by atoms with Crippen molar-refractivity contribution >= 4 is 36.8 Å². The minimum Gasteiger partial charge on any atom is -0.444 e. The SMILES string of the molecule is CC(C)(C)OC(=O)N1CCCC1N(C=O)c1ccnc(N(C=O)C2CCCN2C(=O)OC(C)(C)C)n1. The van der Waals surface area contributed by atoms with Gasteiger partial charge in [-0.2, -0.15) is 4.98 Å². The van der Waals surface area contributed by atoms with Gasteiger partial charge < -0.3 is 9.47 Å². The minimum atomic E-state index is -0.682. The largest absolute Gasteiger partial charge is 0.444 e. The van der Waals surface area contributed by atoms with Gasteiger partial charge in [0.05, 0.1) is 0 Å². The van der Waals surface area contributed by atoms with Crippen molar-refractivity contribution in [3.05, 3.63) is 12.3 Å². The Morgan fingerprint density at radius 1 is 0.889 bits per heavy atom. The number of aromatic nitrogens is 2. The van der Waals surface area contributed by atoms with Gasteiger partial charge in [-0.15, -0.1) is 0 Å². The van der Waals surface area contributed by atoms with E-state index in [-0.39, 0.29) is 11.8 Å². The maximum atomic E-state index is 12.7. The molecule has 3 heterocycles. The zero-order valence-corrected chi connectivity index (χ0v) is 21.8. The van der Waals surface area contributed by atoms with E-state index < -0.39 is 35.7 Å². The number of carbonyl (C=O) groups is 4. The number of hydrogen-bond acceptors (Lipinski definition) is 8. The van der Waals surface area contributed by atoms with E-state index >= 15 is 0 Å². The van der Waals surface area contributed by atoms with E-state index in [1.165, 1.54) is 31.9 Å². The zero-order valence-electron chi connectivity index (χ0n) is 21.8. The first-order valence-corrected chi connectivity index (χ1v) is 12.1. The van der Waals surface area contributed by atoms with Gasteiger partial charge in [-0.05, 0) is 73.3 Å². The van der Waals surface area contributed by atoms with Crippen LogP contribution in [0.25, 0.3) is 0 Å². The van der Waals surface area contributed by atoms with Crippen molar-refractivity contribution in [2.45, 2.75) is 90.8 Å². The molecule has 12 nitrogen and oxygen atoms in total. The first-order valence-electron chi connectivity index (χ1n) is 12.1. The van der Waals surface area contributed by atoms with Gasteiger partial charge >= 0.3 is 12.2 Å². The fourth-order valence-electron chi connectivity index (χ4n) is 4.28. The Labute approximate surface area is 211 Å². The molecule has 0 spiro atoms. The summed E-state index contributed by atoms with van der Waals surface area (Å²) in [4.78, 5) is 64.1. The molecular weight excluding hydrogens is 468 g/mol. The van der Waals surface area contributed by atoms with E-state index in [9.17, 15) is 19.2 Å². The average molecular weight is 505 g/mol. The summed E-state index contributed by atoms with van der Waals surface area (Å²) in [6.45, 7) is 11.5. The van der Waals surface area contributed by atoms with Gasteiger partial charge in [-0.1, -0.05) is 0 Å². The van der Waals surface area contributed by atoms with Gasteiger partial charge in [-0.25, -0.2) is 14.6 Å². The Balaban J connectivity index is 1.84. The number of rotatable bonds is 6. The van der Waals surface area contributed by atoms with E-state index in [1.54, 1.807) is 41.5 Å². The maximum absolute atomic E-state index is 12.7. The highest BCUT2D eigenvalue weighted by molar-refractivity contribution is 5.79. The lowest BCUT2D eigenvalue weighted by Crippen LogP contribution is -2.50. The molecule has 12 heteroatoms. The van der Waals surface area contributed by atoms with Gasteiger partial charge in [0.25, 0.3) is 0 Å². The van der Waals surface area contributed by atoms with Crippen molar-refractivity contribution in [2.75, 3.05) is 22.9 Å².